The van der Waals surface area contributed by atoms with Gasteiger partial charge in [-0.1, -0.05) is 53.2 Å². The van der Waals surface area contributed by atoms with E-state index in [4.69, 9.17) is 28.4 Å². The lowest BCUT2D eigenvalue weighted by atomic mass is 9.61. The molecule has 50 heavy (non-hydrogen) atoms. The largest absolute Gasteiger partial charge is 0.462 e. The Morgan fingerprint density at radius 3 is 2.08 bits per heavy atom. The molecule has 12 heteroatoms. The van der Waals surface area contributed by atoms with Crippen molar-refractivity contribution in [2.24, 2.45) is 35.5 Å². The zero-order valence-corrected chi connectivity index (χ0v) is 31.4. The van der Waals surface area contributed by atoms with Gasteiger partial charge in [-0.15, -0.1) is 0 Å². The average Bonchev–Trinajstić information content (AvgIpc) is 3.69. The first-order valence-electron chi connectivity index (χ1n) is 18.0. The fourth-order valence-corrected chi connectivity index (χ4v) is 7.31. The highest BCUT2D eigenvalue weighted by atomic mass is 16.6. The molecule has 0 spiro atoms. The van der Waals surface area contributed by atoms with Crippen molar-refractivity contribution >= 4 is 29.8 Å². The fourth-order valence-electron chi connectivity index (χ4n) is 7.31. The van der Waals surface area contributed by atoms with Gasteiger partial charge in [0.2, 0.25) is 0 Å². The molecule has 0 aromatic rings. The van der Waals surface area contributed by atoms with E-state index in [0.717, 1.165) is 12.0 Å². The molecule has 2 saturated carbocycles. The van der Waals surface area contributed by atoms with E-state index in [9.17, 15) is 29.1 Å². The van der Waals surface area contributed by atoms with Crippen molar-refractivity contribution in [3.8, 4) is 0 Å². The van der Waals surface area contributed by atoms with Gasteiger partial charge in [0.1, 0.15) is 24.4 Å². The van der Waals surface area contributed by atoms with Crippen molar-refractivity contribution in [3.05, 3.63) is 23.8 Å². The molecule has 1 N–H and O–H groups in total. The molecule has 13 atom stereocenters. The molecule has 2 unspecified atom stereocenters. The number of epoxide rings is 1. The van der Waals surface area contributed by atoms with Gasteiger partial charge >= 0.3 is 29.8 Å². The highest BCUT2D eigenvalue weighted by Gasteiger charge is 2.71. The minimum absolute atomic E-state index is 0.0228. The van der Waals surface area contributed by atoms with Crippen LogP contribution in [0.5, 0.6) is 0 Å². The van der Waals surface area contributed by atoms with Crippen molar-refractivity contribution in [2.75, 3.05) is 6.61 Å². The summed E-state index contributed by atoms with van der Waals surface area (Å²) in [7, 11) is 0. The summed E-state index contributed by atoms with van der Waals surface area (Å²) in [5.74, 6) is -6.44. The molecule has 1 heterocycles. The van der Waals surface area contributed by atoms with Crippen LogP contribution in [0.3, 0.4) is 0 Å². The molecule has 12 nitrogen and oxygen atoms in total. The lowest BCUT2D eigenvalue weighted by molar-refractivity contribution is -0.183. The first-order chi connectivity index (χ1) is 23.4. The smallest absolute Gasteiger partial charge is 0.331 e. The van der Waals surface area contributed by atoms with Gasteiger partial charge in [-0.05, 0) is 57.9 Å². The minimum Gasteiger partial charge on any atom is -0.462 e. The van der Waals surface area contributed by atoms with Crippen LogP contribution in [-0.2, 0) is 52.4 Å². The molecular weight excluding hydrogens is 648 g/mol. The minimum atomic E-state index is -1.17. The molecule has 3 rings (SSSR count). The lowest BCUT2D eigenvalue weighted by Gasteiger charge is -2.48. The predicted octanol–water partition coefficient (Wildman–Crippen LogP) is 5.03. The maximum absolute atomic E-state index is 13.5. The first kappa shape index (κ1) is 41.2. The molecule has 0 aromatic heterocycles. The molecular formula is C38H58O12. The fraction of sp³-hybridized carbons (Fsp3) is 0.763. The van der Waals surface area contributed by atoms with Crippen LogP contribution in [0, 0.1) is 35.5 Å². The number of hydrogen-bond donors (Lipinski definition) is 1. The van der Waals surface area contributed by atoms with E-state index < -0.39 is 102 Å². The van der Waals surface area contributed by atoms with Gasteiger partial charge in [0.15, 0.2) is 6.10 Å². The average molecular weight is 707 g/mol. The van der Waals surface area contributed by atoms with Crippen LogP contribution in [0.15, 0.2) is 23.8 Å². The first-order valence-corrected chi connectivity index (χ1v) is 18.0. The number of fused-ring (bicyclic) bond motifs is 1. The number of rotatable bonds is 16. The van der Waals surface area contributed by atoms with E-state index in [2.05, 4.69) is 6.58 Å². The summed E-state index contributed by atoms with van der Waals surface area (Å²) in [5.41, 5.74) is 0.192. The number of aliphatic hydroxyl groups excluding tert-OH is 1. The summed E-state index contributed by atoms with van der Waals surface area (Å²) in [6.07, 6.45) is -3.33. The Morgan fingerprint density at radius 1 is 0.920 bits per heavy atom. The van der Waals surface area contributed by atoms with Gasteiger partial charge in [0.25, 0.3) is 0 Å². The van der Waals surface area contributed by atoms with E-state index >= 15 is 0 Å². The second-order valence-corrected chi connectivity index (χ2v) is 14.8. The zero-order valence-electron chi connectivity index (χ0n) is 31.4. The Bertz CT molecular complexity index is 1300. The van der Waals surface area contributed by atoms with Gasteiger partial charge in [-0.3, -0.25) is 19.2 Å². The van der Waals surface area contributed by atoms with Crippen molar-refractivity contribution in [2.45, 2.75) is 144 Å². The molecule has 1 aliphatic heterocycles. The van der Waals surface area contributed by atoms with Crippen LogP contribution >= 0.6 is 0 Å². The second kappa shape index (κ2) is 17.3. The molecule has 0 amide bonds. The molecule has 2 aliphatic carbocycles. The highest BCUT2D eigenvalue weighted by Crippen LogP contribution is 2.60. The number of carbonyl (C=O) groups is 5. The third kappa shape index (κ3) is 9.75. The van der Waals surface area contributed by atoms with Crippen molar-refractivity contribution in [1.82, 2.24) is 0 Å². The van der Waals surface area contributed by atoms with Gasteiger partial charge in [0, 0.05) is 37.2 Å². The summed E-state index contributed by atoms with van der Waals surface area (Å²) < 4.78 is 36.5. The monoisotopic (exact) mass is 706 g/mol. The summed E-state index contributed by atoms with van der Waals surface area (Å²) >= 11 is 0. The summed E-state index contributed by atoms with van der Waals surface area (Å²) in [6.45, 7) is 22.1. The predicted molar refractivity (Wildman–Crippen MR) is 182 cm³/mol. The second-order valence-electron chi connectivity index (χ2n) is 14.8. The Morgan fingerprint density at radius 2 is 1.56 bits per heavy atom. The zero-order chi connectivity index (χ0) is 37.7. The van der Waals surface area contributed by atoms with E-state index in [-0.39, 0.29) is 25.4 Å². The number of allylic oxidation sites excluding steroid dienone is 1. The number of hydrogen-bond acceptors (Lipinski definition) is 12. The molecule has 0 radical (unpaired) electrons. The van der Waals surface area contributed by atoms with Crippen LogP contribution in [0.1, 0.15) is 101 Å². The molecule has 0 aromatic carbocycles. The summed E-state index contributed by atoms with van der Waals surface area (Å²) in [5, 5.41) is 9.89. The van der Waals surface area contributed by atoms with E-state index in [1.807, 2.05) is 34.6 Å². The molecule has 282 valence electrons. The molecule has 0 bridgehead atoms. The number of carbonyl (C=O) groups excluding carboxylic acids is 5. The maximum atomic E-state index is 13.5. The summed E-state index contributed by atoms with van der Waals surface area (Å²) in [6, 6.07) is 0. The van der Waals surface area contributed by atoms with Crippen LogP contribution in [-0.4, -0.2) is 83.8 Å². The van der Waals surface area contributed by atoms with Crippen molar-refractivity contribution in [1.29, 1.82) is 0 Å². The number of esters is 5. The number of ether oxygens (including phenoxy) is 6. The van der Waals surface area contributed by atoms with Gasteiger partial charge < -0.3 is 33.5 Å². The Balaban J connectivity index is 2.28. The topological polar surface area (TPSA) is 164 Å². The molecule has 3 aliphatic rings. The Kier molecular flexibility index (Phi) is 14.3. The maximum Gasteiger partial charge on any atom is 0.331 e. The van der Waals surface area contributed by atoms with Crippen molar-refractivity contribution < 1.29 is 57.5 Å². The normalized spacial score (nSPS) is 32.9. The quantitative estimate of drug-likeness (QED) is 0.0750. The van der Waals surface area contributed by atoms with Crippen LogP contribution in [0.2, 0.25) is 0 Å². The number of aliphatic hydroxyl groups is 1. The third-order valence-electron chi connectivity index (χ3n) is 10.6. The standard InChI is InChI=1S/C38H58O12/c1-12-19(4)15-26(41)48-33-23(8)29-31(32(38(11)18-45-38)36(33)49-27(42)16-20(5)13-2)30(24(9)46-28(43)17-22(7)39)35(47-25(10)40)34(29)50-37(44)21(6)14-3/h15,20-22,24,29-36,39H,8,12-14,16-18H2,1-7,9-11H3/b19-15+/t20?,21?,22-,24-,29+,30-,31+,32+,33+,34+,35-,36-,38-/m1/s1. The van der Waals surface area contributed by atoms with E-state index in [1.54, 1.807) is 20.8 Å². The lowest BCUT2D eigenvalue weighted by Crippen LogP contribution is -2.58. The van der Waals surface area contributed by atoms with Gasteiger partial charge in [0.05, 0.1) is 30.7 Å². The van der Waals surface area contributed by atoms with Crippen molar-refractivity contribution in [3.63, 3.8) is 0 Å². The van der Waals surface area contributed by atoms with Gasteiger partial charge in [-0.2, -0.15) is 0 Å². The SMILES string of the molecule is C=C1[C@@H]2[C@H](OC(=O)C(C)CC)[C@H](OC(C)=O)[C@H]([C@@H](C)OC(=O)C[C@@H](C)O)[C@H]2[C@H]([C@@]2(C)CO2)[C@@H](OC(=O)CC(C)CC)[C@H]1OC(=O)/C=C(\C)CC. The molecule has 3 fully saturated rings. The van der Waals surface area contributed by atoms with Gasteiger partial charge in [-0.25, -0.2) is 4.79 Å². The Labute approximate surface area is 296 Å². The van der Waals surface area contributed by atoms with Crippen LogP contribution < -0.4 is 0 Å². The van der Waals surface area contributed by atoms with E-state index in [1.165, 1.54) is 19.9 Å². The summed E-state index contributed by atoms with van der Waals surface area (Å²) in [4.78, 5) is 66.0. The van der Waals surface area contributed by atoms with Crippen LogP contribution in [0.4, 0.5) is 0 Å². The molecule has 1 saturated heterocycles. The third-order valence-corrected chi connectivity index (χ3v) is 10.6. The van der Waals surface area contributed by atoms with Crippen LogP contribution in [0.25, 0.3) is 0 Å². The Hall–Kier alpha value is -3.25. The highest BCUT2D eigenvalue weighted by molar-refractivity contribution is 5.83. The van der Waals surface area contributed by atoms with E-state index in [0.29, 0.717) is 18.4 Å².